The first-order valence-corrected chi connectivity index (χ1v) is 7.49. The topological polar surface area (TPSA) is 76.7 Å². The monoisotopic (exact) mass is 293 g/mol. The highest BCUT2D eigenvalue weighted by atomic mass is 16.6. The quantitative estimate of drug-likeness (QED) is 0.341. The van der Waals surface area contributed by atoms with E-state index in [0.717, 1.165) is 39.6 Å². The van der Waals surface area contributed by atoms with Crippen molar-refractivity contribution in [3.05, 3.63) is 39.9 Å². The molecule has 7 nitrogen and oxygen atoms in total. The molecule has 1 atom stereocenters. The molecule has 21 heavy (non-hydrogen) atoms. The van der Waals surface area contributed by atoms with Gasteiger partial charge in [-0.2, -0.15) is 0 Å². The van der Waals surface area contributed by atoms with E-state index in [0.29, 0.717) is 5.56 Å². The van der Waals surface area contributed by atoms with Crippen molar-refractivity contribution in [2.75, 3.05) is 39.6 Å². The Hall–Kier alpha value is -1.54. The summed E-state index contributed by atoms with van der Waals surface area (Å²) in [6, 6.07) is 6.50. The van der Waals surface area contributed by atoms with Crippen molar-refractivity contribution in [2.24, 2.45) is 5.41 Å². The lowest BCUT2D eigenvalue weighted by Crippen LogP contribution is -3.55. The third-order valence-electron chi connectivity index (χ3n) is 5.28. The maximum Gasteiger partial charge on any atom is 0.269 e. The number of benzene rings is 1. The standard InChI is InChI=1S/C14H18N4O3/c19-13(11-2-1-3-12(4-11)18(20)21)14-5-15-8-16(6-14)10-17(7-14)9-15/h1-4,13,19H,5-10H2/p+3/t13-/m1/s1. The summed E-state index contributed by atoms with van der Waals surface area (Å²) in [5.74, 6) is 0. The molecule has 0 radical (unpaired) electrons. The van der Waals surface area contributed by atoms with E-state index >= 15 is 0 Å². The normalized spacial score (nSPS) is 38.4. The first-order chi connectivity index (χ1) is 10.1. The van der Waals surface area contributed by atoms with Gasteiger partial charge >= 0.3 is 0 Å². The molecule has 7 heteroatoms. The molecule has 4 fully saturated rings. The second-order valence-corrected chi connectivity index (χ2v) is 6.93. The SMILES string of the molecule is O=[N+]([O-])c1cccc([C@@H](O)C23C[NH+]4C[NH+](C[NH+](C4)C2)C3)c1. The predicted octanol–water partition coefficient (Wildman–Crippen LogP) is -3.82. The van der Waals surface area contributed by atoms with E-state index in [1.807, 2.05) is 6.07 Å². The lowest BCUT2D eigenvalue weighted by atomic mass is 9.74. The smallest absolute Gasteiger partial charge is 0.269 e. The molecular formula is C14H21N4O3+3. The van der Waals surface area contributed by atoms with Crippen LogP contribution >= 0.6 is 0 Å². The van der Waals surface area contributed by atoms with Crippen molar-refractivity contribution in [1.82, 2.24) is 0 Å². The summed E-state index contributed by atoms with van der Waals surface area (Å²) in [6.07, 6.45) is -0.613. The Morgan fingerprint density at radius 1 is 1.14 bits per heavy atom. The number of quaternary nitrogens is 3. The van der Waals surface area contributed by atoms with Crippen LogP contribution in [-0.4, -0.2) is 49.7 Å². The van der Waals surface area contributed by atoms with E-state index in [9.17, 15) is 15.2 Å². The largest absolute Gasteiger partial charge is 0.387 e. The van der Waals surface area contributed by atoms with Crippen LogP contribution in [0.15, 0.2) is 24.3 Å². The molecule has 4 heterocycles. The molecule has 0 amide bonds. The Morgan fingerprint density at radius 2 is 1.71 bits per heavy atom. The van der Waals surface area contributed by atoms with Crippen molar-refractivity contribution in [3.8, 4) is 0 Å². The van der Waals surface area contributed by atoms with Gasteiger partial charge in [0, 0.05) is 12.1 Å². The molecule has 0 aromatic heterocycles. The van der Waals surface area contributed by atoms with Crippen LogP contribution in [0.1, 0.15) is 11.7 Å². The minimum Gasteiger partial charge on any atom is -0.387 e. The highest BCUT2D eigenvalue weighted by molar-refractivity contribution is 5.36. The molecule has 0 unspecified atom stereocenters. The molecule has 4 aliphatic rings. The first-order valence-electron chi connectivity index (χ1n) is 7.49. The number of nitro groups is 1. The van der Waals surface area contributed by atoms with E-state index in [-0.39, 0.29) is 11.1 Å². The zero-order chi connectivity index (χ0) is 14.6. The molecular weight excluding hydrogens is 272 g/mol. The van der Waals surface area contributed by atoms with Crippen LogP contribution in [0.25, 0.3) is 0 Å². The van der Waals surface area contributed by atoms with Crippen molar-refractivity contribution in [1.29, 1.82) is 0 Å². The van der Waals surface area contributed by atoms with E-state index in [1.165, 1.54) is 12.1 Å². The maximum absolute atomic E-state index is 10.9. The molecule has 1 aromatic rings. The van der Waals surface area contributed by atoms with Crippen molar-refractivity contribution < 1.29 is 24.7 Å². The van der Waals surface area contributed by atoms with Gasteiger partial charge in [-0.3, -0.25) is 10.1 Å². The number of nitro benzene ring substituents is 1. The molecule has 0 saturated carbocycles. The third-order valence-corrected chi connectivity index (χ3v) is 5.28. The second-order valence-electron chi connectivity index (χ2n) is 6.93. The minimum absolute atomic E-state index is 0.0595. The number of aliphatic hydroxyl groups excluding tert-OH is 1. The van der Waals surface area contributed by atoms with Crippen molar-refractivity contribution in [3.63, 3.8) is 0 Å². The summed E-state index contributed by atoms with van der Waals surface area (Å²) in [6.45, 7) is 6.37. The van der Waals surface area contributed by atoms with Crippen LogP contribution in [0.3, 0.4) is 0 Å². The molecule has 4 aliphatic heterocycles. The molecule has 5 rings (SSSR count). The van der Waals surface area contributed by atoms with Crippen LogP contribution in [0.2, 0.25) is 0 Å². The van der Waals surface area contributed by atoms with Gasteiger partial charge in [-0.1, -0.05) is 12.1 Å². The van der Waals surface area contributed by atoms with Gasteiger partial charge in [0.25, 0.3) is 5.69 Å². The van der Waals surface area contributed by atoms with Gasteiger partial charge in [-0.15, -0.1) is 0 Å². The van der Waals surface area contributed by atoms with E-state index in [4.69, 9.17) is 0 Å². The Labute approximate surface area is 122 Å². The van der Waals surface area contributed by atoms with Crippen molar-refractivity contribution in [2.45, 2.75) is 6.10 Å². The van der Waals surface area contributed by atoms with E-state index in [1.54, 1.807) is 20.8 Å². The fraction of sp³-hybridized carbons (Fsp3) is 0.571. The highest BCUT2D eigenvalue weighted by Crippen LogP contribution is 2.34. The predicted molar refractivity (Wildman–Crippen MR) is 72.6 cm³/mol. The average molecular weight is 293 g/mol. The number of hydrogen-bond acceptors (Lipinski definition) is 3. The van der Waals surface area contributed by atoms with Crippen molar-refractivity contribution >= 4 is 5.69 Å². The lowest BCUT2D eigenvalue weighted by Gasteiger charge is -2.53. The van der Waals surface area contributed by atoms with Crippen LogP contribution in [0, 0.1) is 15.5 Å². The van der Waals surface area contributed by atoms with Gasteiger partial charge in [-0.05, 0) is 5.56 Å². The number of non-ortho nitro benzene ring substituents is 1. The van der Waals surface area contributed by atoms with Gasteiger partial charge in [0.2, 0.25) is 20.0 Å². The van der Waals surface area contributed by atoms with Gasteiger partial charge in [0.05, 0.1) is 4.92 Å². The Kier molecular flexibility index (Phi) is 2.80. The number of hydrogen-bond donors (Lipinski definition) is 4. The van der Waals surface area contributed by atoms with Gasteiger partial charge < -0.3 is 5.11 Å². The summed E-state index contributed by atoms with van der Waals surface area (Å²) < 4.78 is 0. The zero-order valence-corrected chi connectivity index (χ0v) is 11.8. The Balaban J connectivity index is 1.66. The van der Waals surface area contributed by atoms with E-state index in [2.05, 4.69) is 0 Å². The molecule has 0 spiro atoms. The van der Waals surface area contributed by atoms with Crippen LogP contribution in [0.4, 0.5) is 5.69 Å². The molecule has 4 saturated heterocycles. The fourth-order valence-electron chi connectivity index (χ4n) is 4.76. The van der Waals surface area contributed by atoms with Gasteiger partial charge in [0.15, 0.2) is 0 Å². The minimum atomic E-state index is -0.613. The van der Waals surface area contributed by atoms with Gasteiger partial charge in [0.1, 0.15) is 31.2 Å². The number of nitrogens with one attached hydrogen (secondary N) is 3. The van der Waals surface area contributed by atoms with Crippen LogP contribution < -0.4 is 14.7 Å². The molecule has 1 aromatic carbocycles. The maximum atomic E-state index is 10.9. The highest BCUT2D eigenvalue weighted by Gasteiger charge is 2.60. The van der Waals surface area contributed by atoms with Crippen LogP contribution in [-0.2, 0) is 0 Å². The summed E-state index contributed by atoms with van der Waals surface area (Å²) in [5, 5.41) is 21.9. The molecule has 4 N–H and O–H groups in total. The van der Waals surface area contributed by atoms with Crippen LogP contribution in [0.5, 0.6) is 0 Å². The van der Waals surface area contributed by atoms with Gasteiger partial charge in [-0.25, -0.2) is 14.7 Å². The second kappa shape index (κ2) is 4.48. The molecule has 112 valence electrons. The summed E-state index contributed by atoms with van der Waals surface area (Å²) >= 11 is 0. The molecule has 0 aliphatic carbocycles. The Morgan fingerprint density at radius 3 is 2.24 bits per heavy atom. The Bertz CT molecular complexity index is 556. The number of rotatable bonds is 3. The summed E-state index contributed by atoms with van der Waals surface area (Å²) in [7, 11) is 0. The average Bonchev–Trinajstić information content (AvgIpc) is 2.45. The lowest BCUT2D eigenvalue weighted by molar-refractivity contribution is -1.30. The summed E-state index contributed by atoms with van der Waals surface area (Å²) in [5.41, 5.74) is 0.612. The fourth-order valence-corrected chi connectivity index (χ4v) is 4.76. The third kappa shape index (κ3) is 2.04. The van der Waals surface area contributed by atoms with E-state index < -0.39 is 11.0 Å². The zero-order valence-electron chi connectivity index (χ0n) is 11.8. The summed E-state index contributed by atoms with van der Waals surface area (Å²) in [4.78, 5) is 15.2. The first kappa shape index (κ1) is 13.1. The number of aliphatic hydroxyl groups is 1. The molecule has 4 bridgehead atoms. The number of nitrogens with zero attached hydrogens (tertiary/aromatic N) is 1.